The van der Waals surface area contributed by atoms with Crippen molar-refractivity contribution in [3.05, 3.63) is 0 Å². The van der Waals surface area contributed by atoms with Crippen LogP contribution in [0.3, 0.4) is 0 Å². The van der Waals surface area contributed by atoms with Gasteiger partial charge in [0.2, 0.25) is 5.91 Å². The zero-order chi connectivity index (χ0) is 22.3. The van der Waals surface area contributed by atoms with E-state index >= 15 is 0 Å². The number of rotatable bonds is 23. The van der Waals surface area contributed by atoms with Crippen molar-refractivity contribution >= 4 is 5.91 Å². The van der Waals surface area contributed by atoms with Gasteiger partial charge in [-0.2, -0.15) is 0 Å². The fraction of sp³-hybridized carbons (Fsp3) is 0.955. The quantitative estimate of drug-likeness (QED) is 0.0561. The number of hydrogen-bond acceptors (Lipinski definition) is 7. The Balaban J connectivity index is 3.88. The molecule has 2 unspecified atom stereocenters. The molecule has 0 aromatic rings. The van der Waals surface area contributed by atoms with Gasteiger partial charge in [0, 0.05) is 26.1 Å². The highest BCUT2D eigenvalue weighted by atomic mass is 16.3. The van der Waals surface area contributed by atoms with Crippen LogP contribution in [-0.4, -0.2) is 55.1 Å². The average molecular weight is 432 g/mol. The first-order chi connectivity index (χ1) is 14.6. The molecular weight excluding hydrogens is 382 g/mol. The molecule has 1 amide bonds. The Bertz CT molecular complexity index is 375. The fourth-order valence-corrected chi connectivity index (χ4v) is 3.56. The molecule has 0 aromatic carbocycles. The Morgan fingerprint density at radius 2 is 1.47 bits per heavy atom. The second-order valence-electron chi connectivity index (χ2n) is 8.24. The second kappa shape index (κ2) is 22.9. The van der Waals surface area contributed by atoms with E-state index in [9.17, 15) is 9.90 Å². The zero-order valence-electron chi connectivity index (χ0n) is 19.0. The maximum Gasteiger partial charge on any atom is 0.220 e. The number of aliphatic hydroxyl groups excluding tert-OH is 2. The summed E-state index contributed by atoms with van der Waals surface area (Å²) in [6, 6.07) is 0. The molecule has 2 atom stereocenters. The minimum atomic E-state index is -0.501. The zero-order valence-corrected chi connectivity index (χ0v) is 19.0. The molecule has 0 aliphatic rings. The summed E-state index contributed by atoms with van der Waals surface area (Å²) in [6.45, 7) is 3.30. The number of nitrogens with one attached hydrogen (secondary N) is 3. The van der Waals surface area contributed by atoms with Crippen LogP contribution in [0.15, 0.2) is 0 Å². The molecule has 8 heteroatoms. The van der Waals surface area contributed by atoms with Gasteiger partial charge in [-0.15, -0.1) is 0 Å². The number of aliphatic hydroxyl groups is 2. The van der Waals surface area contributed by atoms with E-state index in [1.165, 1.54) is 0 Å². The van der Waals surface area contributed by atoms with Gasteiger partial charge in [-0.1, -0.05) is 25.7 Å². The number of amides is 1. The Morgan fingerprint density at radius 3 is 2.13 bits per heavy atom. The van der Waals surface area contributed by atoms with Crippen molar-refractivity contribution in [2.75, 3.05) is 32.8 Å². The smallest absolute Gasteiger partial charge is 0.220 e. The second-order valence-corrected chi connectivity index (χ2v) is 8.24. The highest BCUT2D eigenvalue weighted by Crippen LogP contribution is 2.20. The minimum absolute atomic E-state index is 0.101. The minimum Gasteiger partial charge on any atom is -0.396 e. The summed E-state index contributed by atoms with van der Waals surface area (Å²) in [4.78, 5) is 12.1. The van der Waals surface area contributed by atoms with Gasteiger partial charge in [0.05, 0.1) is 0 Å². The van der Waals surface area contributed by atoms with Crippen LogP contribution in [0.25, 0.3) is 0 Å². The van der Waals surface area contributed by atoms with Gasteiger partial charge in [0.25, 0.3) is 0 Å². The molecule has 8 nitrogen and oxygen atoms in total. The summed E-state index contributed by atoms with van der Waals surface area (Å²) in [7, 11) is 0. The number of carbonyl (C=O) groups is 1. The number of unbranched alkanes of at least 4 members (excludes halogenated alkanes) is 6. The first kappa shape index (κ1) is 29.2. The van der Waals surface area contributed by atoms with Gasteiger partial charge in [-0.3, -0.25) is 21.4 Å². The third kappa shape index (κ3) is 20.5. The van der Waals surface area contributed by atoms with Crippen LogP contribution in [0.4, 0.5) is 0 Å². The van der Waals surface area contributed by atoms with Gasteiger partial charge in [0.15, 0.2) is 0 Å². The maximum atomic E-state index is 12.1. The van der Waals surface area contributed by atoms with Crippen LogP contribution in [0.2, 0.25) is 0 Å². The van der Waals surface area contributed by atoms with Gasteiger partial charge < -0.3 is 21.3 Å². The standard InChI is InChI=1S/C22H49N5O3/c23-15-5-1-2-6-16-25-21(29)13-11-20(10-9-19-28)12-14-22(30)26-17-7-3-4-8-18-27-24/h20-21,25,27-29H,1-19,23-24H2,(H,26,30). The monoisotopic (exact) mass is 431 g/mol. The SMILES string of the molecule is NCCCCCCNC(O)CCC(CCCO)CCC(=O)NCCCCCCNN. The van der Waals surface area contributed by atoms with Crippen LogP contribution in [0.5, 0.6) is 0 Å². The number of nitrogens with two attached hydrogens (primary N) is 2. The third-order valence-corrected chi connectivity index (χ3v) is 5.48. The Hall–Kier alpha value is -0.770. The van der Waals surface area contributed by atoms with E-state index in [2.05, 4.69) is 16.1 Å². The predicted octanol–water partition coefficient (Wildman–Crippen LogP) is 1.50. The van der Waals surface area contributed by atoms with Gasteiger partial charge in [-0.05, 0) is 76.8 Å². The molecule has 0 rings (SSSR count). The highest BCUT2D eigenvalue weighted by Gasteiger charge is 2.13. The van der Waals surface area contributed by atoms with Crippen molar-refractivity contribution in [1.29, 1.82) is 0 Å². The topological polar surface area (TPSA) is 146 Å². The summed E-state index contributed by atoms with van der Waals surface area (Å²) < 4.78 is 0. The maximum absolute atomic E-state index is 12.1. The lowest BCUT2D eigenvalue weighted by molar-refractivity contribution is -0.121. The van der Waals surface area contributed by atoms with Crippen molar-refractivity contribution < 1.29 is 15.0 Å². The molecule has 9 N–H and O–H groups in total. The molecule has 0 aromatic heterocycles. The summed E-state index contributed by atoms with van der Waals surface area (Å²) in [5.74, 6) is 5.69. The van der Waals surface area contributed by atoms with Gasteiger partial charge in [0.1, 0.15) is 6.23 Å². The molecule has 0 radical (unpaired) electrons. The van der Waals surface area contributed by atoms with E-state index in [0.29, 0.717) is 18.8 Å². The summed E-state index contributed by atoms with van der Waals surface area (Å²) >= 11 is 0. The Labute approximate surface area is 183 Å². The largest absolute Gasteiger partial charge is 0.396 e. The molecule has 180 valence electrons. The molecule has 0 aliphatic carbocycles. The summed E-state index contributed by atoms with van der Waals surface area (Å²) in [6.07, 6.45) is 12.7. The lowest BCUT2D eigenvalue weighted by Gasteiger charge is -2.19. The van der Waals surface area contributed by atoms with Crippen molar-refractivity contribution in [2.45, 2.75) is 96.1 Å². The molecule has 0 fully saturated rings. The van der Waals surface area contributed by atoms with Crippen LogP contribution >= 0.6 is 0 Å². The normalized spacial score (nSPS) is 13.3. The lowest BCUT2D eigenvalue weighted by Crippen LogP contribution is -2.30. The molecule has 0 spiro atoms. The van der Waals surface area contributed by atoms with Crippen molar-refractivity contribution in [3.63, 3.8) is 0 Å². The van der Waals surface area contributed by atoms with E-state index in [0.717, 1.165) is 103 Å². The van der Waals surface area contributed by atoms with Crippen LogP contribution in [-0.2, 0) is 4.79 Å². The van der Waals surface area contributed by atoms with E-state index in [4.69, 9.17) is 16.7 Å². The number of hydrogen-bond donors (Lipinski definition) is 7. The van der Waals surface area contributed by atoms with Gasteiger partial charge in [-0.25, -0.2) is 0 Å². The number of carbonyl (C=O) groups excluding carboxylic acids is 1. The Morgan fingerprint density at radius 1 is 0.800 bits per heavy atom. The summed E-state index contributed by atoms with van der Waals surface area (Å²) in [5, 5.41) is 25.5. The number of hydrazine groups is 1. The van der Waals surface area contributed by atoms with Crippen LogP contribution in [0.1, 0.15) is 89.9 Å². The molecule has 0 saturated carbocycles. The molecule has 30 heavy (non-hydrogen) atoms. The lowest BCUT2D eigenvalue weighted by atomic mass is 9.92. The molecule has 0 bridgehead atoms. The van der Waals surface area contributed by atoms with E-state index < -0.39 is 6.23 Å². The van der Waals surface area contributed by atoms with E-state index in [1.807, 2.05) is 0 Å². The first-order valence-electron chi connectivity index (χ1n) is 12.1. The third-order valence-electron chi connectivity index (χ3n) is 5.48. The first-order valence-corrected chi connectivity index (χ1v) is 12.1. The average Bonchev–Trinajstić information content (AvgIpc) is 2.75. The van der Waals surface area contributed by atoms with Crippen molar-refractivity contribution in [2.24, 2.45) is 17.5 Å². The van der Waals surface area contributed by atoms with E-state index in [-0.39, 0.29) is 12.5 Å². The van der Waals surface area contributed by atoms with Crippen molar-refractivity contribution in [3.8, 4) is 0 Å². The van der Waals surface area contributed by atoms with E-state index in [1.54, 1.807) is 0 Å². The van der Waals surface area contributed by atoms with Gasteiger partial charge >= 0.3 is 0 Å². The molecular formula is C22H49N5O3. The highest BCUT2D eigenvalue weighted by molar-refractivity contribution is 5.75. The summed E-state index contributed by atoms with van der Waals surface area (Å²) in [5.41, 5.74) is 8.13. The fourth-order valence-electron chi connectivity index (χ4n) is 3.56. The molecule has 0 aliphatic heterocycles. The van der Waals surface area contributed by atoms with Crippen LogP contribution < -0.4 is 27.6 Å². The molecule has 0 saturated heterocycles. The molecule has 0 heterocycles. The predicted molar refractivity (Wildman–Crippen MR) is 123 cm³/mol. The van der Waals surface area contributed by atoms with Crippen LogP contribution in [0, 0.1) is 5.92 Å². The Kier molecular flexibility index (Phi) is 22.3. The van der Waals surface area contributed by atoms with Crippen molar-refractivity contribution in [1.82, 2.24) is 16.1 Å².